The zero-order valence-corrected chi connectivity index (χ0v) is 28.3. The van der Waals surface area contributed by atoms with E-state index in [-0.39, 0.29) is 33.2 Å². The SMILES string of the molecule is CC1(C)CC(NC(=O)C(=O)NN2C(=O)C3CCC(Sc4cc(C(C)(C)C)c(O)c(C(C)(C)C)c4)CC3C2=O)CC(C)(C)N1. The quantitative estimate of drug-likeness (QED) is 0.286. The van der Waals surface area contributed by atoms with Crippen molar-refractivity contribution >= 4 is 35.4 Å². The van der Waals surface area contributed by atoms with E-state index >= 15 is 0 Å². The molecule has 1 aromatic rings. The van der Waals surface area contributed by atoms with Gasteiger partial charge >= 0.3 is 11.8 Å². The fraction of sp³-hybridized carbons (Fsp3) is 0.697. The number of amides is 4. The van der Waals surface area contributed by atoms with Crippen molar-refractivity contribution in [3.8, 4) is 5.75 Å². The molecule has 1 saturated carbocycles. The molecule has 3 atom stereocenters. The van der Waals surface area contributed by atoms with Gasteiger partial charge < -0.3 is 15.7 Å². The van der Waals surface area contributed by atoms with Gasteiger partial charge in [0.25, 0.3) is 11.8 Å². The number of nitrogens with one attached hydrogen (secondary N) is 3. The molecule has 2 aliphatic heterocycles. The van der Waals surface area contributed by atoms with E-state index in [9.17, 15) is 24.3 Å². The molecule has 4 amide bonds. The summed E-state index contributed by atoms with van der Waals surface area (Å²) in [5.41, 5.74) is 3.14. The lowest BCUT2D eigenvalue weighted by Gasteiger charge is -2.46. The Balaban J connectivity index is 1.43. The molecule has 1 aliphatic carbocycles. The molecular formula is C33H50N4O5S. The average Bonchev–Trinajstić information content (AvgIpc) is 3.05. The molecule has 4 N–H and O–H groups in total. The summed E-state index contributed by atoms with van der Waals surface area (Å²) in [6.07, 6.45) is 3.06. The molecule has 2 saturated heterocycles. The van der Waals surface area contributed by atoms with Crippen LogP contribution in [0.15, 0.2) is 17.0 Å². The van der Waals surface area contributed by atoms with E-state index in [0.29, 0.717) is 31.4 Å². The third kappa shape index (κ3) is 7.39. The molecule has 3 aliphatic rings. The summed E-state index contributed by atoms with van der Waals surface area (Å²) >= 11 is 1.68. The van der Waals surface area contributed by atoms with Gasteiger partial charge in [-0.15, -0.1) is 11.8 Å². The van der Waals surface area contributed by atoms with Crippen LogP contribution in [0.4, 0.5) is 0 Å². The van der Waals surface area contributed by atoms with E-state index in [1.807, 2.05) is 12.1 Å². The topological polar surface area (TPSA) is 128 Å². The van der Waals surface area contributed by atoms with Crippen molar-refractivity contribution in [1.29, 1.82) is 0 Å². The maximum absolute atomic E-state index is 13.4. The number of thioether (sulfide) groups is 1. The van der Waals surface area contributed by atoms with E-state index in [2.05, 4.69) is 85.3 Å². The maximum atomic E-state index is 13.4. The summed E-state index contributed by atoms with van der Waals surface area (Å²) in [6.45, 7) is 20.7. The minimum atomic E-state index is -1.01. The molecule has 0 aromatic heterocycles. The number of hydrazine groups is 1. The highest BCUT2D eigenvalue weighted by atomic mass is 32.2. The van der Waals surface area contributed by atoms with Crippen molar-refractivity contribution in [2.24, 2.45) is 11.8 Å². The molecular weight excluding hydrogens is 564 g/mol. The van der Waals surface area contributed by atoms with Crippen molar-refractivity contribution in [2.75, 3.05) is 0 Å². The van der Waals surface area contributed by atoms with Crippen LogP contribution < -0.4 is 16.1 Å². The fourth-order valence-corrected chi connectivity index (χ4v) is 8.51. The Labute approximate surface area is 260 Å². The fourth-order valence-electron chi connectivity index (χ4n) is 7.20. The summed E-state index contributed by atoms with van der Waals surface area (Å²) < 4.78 is 0. The zero-order chi connectivity index (χ0) is 32.3. The molecule has 238 valence electrons. The van der Waals surface area contributed by atoms with E-state index in [1.54, 1.807) is 11.8 Å². The molecule has 9 nitrogen and oxygen atoms in total. The van der Waals surface area contributed by atoms with Gasteiger partial charge in [0, 0.05) is 38.4 Å². The monoisotopic (exact) mass is 614 g/mol. The lowest BCUT2D eigenvalue weighted by molar-refractivity contribution is -0.152. The first-order chi connectivity index (χ1) is 19.6. The smallest absolute Gasteiger partial charge is 0.328 e. The van der Waals surface area contributed by atoms with E-state index < -0.39 is 35.5 Å². The average molecular weight is 615 g/mol. The first-order valence-electron chi connectivity index (χ1n) is 15.4. The van der Waals surface area contributed by atoms with E-state index in [0.717, 1.165) is 27.5 Å². The van der Waals surface area contributed by atoms with Crippen LogP contribution in [0.3, 0.4) is 0 Å². The van der Waals surface area contributed by atoms with Crippen molar-refractivity contribution in [3.05, 3.63) is 23.3 Å². The second-order valence-corrected chi connectivity index (χ2v) is 17.4. The molecule has 1 aromatic carbocycles. The predicted molar refractivity (Wildman–Crippen MR) is 168 cm³/mol. The molecule has 4 rings (SSSR count). The van der Waals surface area contributed by atoms with Crippen molar-refractivity contribution in [1.82, 2.24) is 21.1 Å². The normalized spacial score (nSPS) is 25.8. The molecule has 3 unspecified atom stereocenters. The molecule has 0 bridgehead atoms. The molecule has 10 heteroatoms. The predicted octanol–water partition coefficient (Wildman–Crippen LogP) is 4.69. The number of carbonyl (C=O) groups is 4. The number of rotatable bonds is 4. The minimum Gasteiger partial charge on any atom is -0.507 e. The molecule has 0 radical (unpaired) electrons. The number of phenolic OH excluding ortho intramolecular Hbond substituents is 1. The summed E-state index contributed by atoms with van der Waals surface area (Å²) in [6, 6.07) is 3.87. The van der Waals surface area contributed by atoms with Gasteiger partial charge in [0.15, 0.2) is 0 Å². The van der Waals surface area contributed by atoms with Gasteiger partial charge in [-0.2, -0.15) is 5.01 Å². The van der Waals surface area contributed by atoms with E-state index in [1.165, 1.54) is 0 Å². The van der Waals surface area contributed by atoms with Gasteiger partial charge in [0.2, 0.25) is 0 Å². The highest BCUT2D eigenvalue weighted by Crippen LogP contribution is 2.46. The summed E-state index contributed by atoms with van der Waals surface area (Å²) in [5, 5.41) is 18.3. The second-order valence-electron chi connectivity index (χ2n) is 16.1. The summed E-state index contributed by atoms with van der Waals surface area (Å²) in [7, 11) is 0. The van der Waals surface area contributed by atoms with Crippen LogP contribution in [0.1, 0.15) is 112 Å². The Morgan fingerprint density at radius 2 is 1.40 bits per heavy atom. The maximum Gasteiger partial charge on any atom is 0.328 e. The number of aromatic hydroxyl groups is 1. The van der Waals surface area contributed by atoms with Crippen LogP contribution in [-0.4, -0.2) is 56.1 Å². The minimum absolute atomic E-state index is 0.0914. The highest BCUT2D eigenvalue weighted by molar-refractivity contribution is 8.00. The number of fused-ring (bicyclic) bond motifs is 1. The molecule has 2 heterocycles. The Bertz CT molecular complexity index is 1260. The van der Waals surface area contributed by atoms with Crippen LogP contribution in [0, 0.1) is 11.8 Å². The second kappa shape index (κ2) is 11.4. The molecule has 0 spiro atoms. The number of nitrogens with zero attached hydrogens (tertiary/aromatic N) is 1. The Kier molecular flexibility index (Phi) is 8.83. The number of piperidine rings is 1. The highest BCUT2D eigenvalue weighted by Gasteiger charge is 2.51. The third-order valence-electron chi connectivity index (χ3n) is 8.82. The van der Waals surface area contributed by atoms with Gasteiger partial charge in [-0.3, -0.25) is 19.2 Å². The van der Waals surface area contributed by atoms with Gasteiger partial charge in [-0.05, 0) is 82.8 Å². The number of hydrogen-bond acceptors (Lipinski definition) is 7. The number of benzene rings is 1. The first kappa shape index (κ1) is 33.3. The van der Waals surface area contributed by atoms with Crippen LogP contribution >= 0.6 is 11.8 Å². The number of imide groups is 1. The number of carbonyl (C=O) groups excluding carboxylic acids is 4. The van der Waals surface area contributed by atoms with Gasteiger partial charge in [-0.1, -0.05) is 41.5 Å². The van der Waals surface area contributed by atoms with Crippen LogP contribution in [0.25, 0.3) is 0 Å². The van der Waals surface area contributed by atoms with Crippen molar-refractivity contribution in [2.45, 2.75) is 139 Å². The van der Waals surface area contributed by atoms with Crippen molar-refractivity contribution < 1.29 is 24.3 Å². The van der Waals surface area contributed by atoms with Gasteiger partial charge in [-0.25, -0.2) is 5.43 Å². The first-order valence-corrected chi connectivity index (χ1v) is 16.3. The summed E-state index contributed by atoms with van der Waals surface area (Å²) in [5.74, 6) is -3.48. The Morgan fingerprint density at radius 1 is 0.884 bits per heavy atom. The van der Waals surface area contributed by atoms with Gasteiger partial charge in [0.05, 0.1) is 11.8 Å². The van der Waals surface area contributed by atoms with Gasteiger partial charge in [0.1, 0.15) is 5.75 Å². The Morgan fingerprint density at radius 3 is 1.91 bits per heavy atom. The molecule has 43 heavy (non-hydrogen) atoms. The Hall–Kier alpha value is -2.59. The standard InChI is InChI=1S/C33H50N4O5S/c1-30(2,3)23-14-20(15-24(25(23)38)31(4,5)6)43-19-11-12-21-22(13-19)29(42)37(28(21)41)35-27(40)26(39)34-18-16-32(7,8)36-33(9,10)17-18/h14-15,18-19,21-22,36,38H,11-13,16-17H2,1-10H3,(H,34,39)(H,35,40). The van der Waals surface area contributed by atoms with Crippen LogP contribution in [-0.2, 0) is 30.0 Å². The third-order valence-corrected chi connectivity index (χ3v) is 10.1. The summed E-state index contributed by atoms with van der Waals surface area (Å²) in [4.78, 5) is 53.3. The van der Waals surface area contributed by atoms with Crippen LogP contribution in [0.5, 0.6) is 5.75 Å². The number of hydrogen-bond donors (Lipinski definition) is 4. The molecule has 3 fully saturated rings. The lowest BCUT2D eigenvalue weighted by atomic mass is 9.79. The number of phenols is 1. The largest absolute Gasteiger partial charge is 0.507 e. The van der Waals surface area contributed by atoms with Crippen LogP contribution in [0.2, 0.25) is 0 Å². The lowest BCUT2D eigenvalue weighted by Crippen LogP contribution is -2.63. The van der Waals surface area contributed by atoms with Crippen molar-refractivity contribution in [3.63, 3.8) is 0 Å². The zero-order valence-electron chi connectivity index (χ0n) is 27.4. The van der Waals surface area contributed by atoms with E-state index in [4.69, 9.17) is 0 Å².